The van der Waals surface area contributed by atoms with Crippen LogP contribution in [0.25, 0.3) is 0 Å². The van der Waals surface area contributed by atoms with E-state index >= 15 is 0 Å². The van der Waals surface area contributed by atoms with Crippen molar-refractivity contribution in [3.63, 3.8) is 0 Å². The predicted molar refractivity (Wildman–Crippen MR) is 49.7 cm³/mol. The van der Waals surface area contributed by atoms with Gasteiger partial charge in [0.1, 0.15) is 0 Å². The normalized spacial score (nSPS) is 7.60. The molecule has 0 amide bonds. The molecule has 0 saturated carbocycles. The summed E-state index contributed by atoms with van der Waals surface area (Å²) in [4.78, 5) is 0. The molecule has 0 unspecified atom stereocenters. The first-order valence-corrected chi connectivity index (χ1v) is 5.02. The van der Waals surface area contributed by atoms with Gasteiger partial charge in [-0.2, -0.15) is 0 Å². The molecule has 1 nitrogen and oxygen atoms in total. The summed E-state index contributed by atoms with van der Waals surface area (Å²) in [7, 11) is 0. The molecule has 0 aliphatic carbocycles. The van der Waals surface area contributed by atoms with Gasteiger partial charge in [0.05, 0.1) is 0 Å². The summed E-state index contributed by atoms with van der Waals surface area (Å²) in [6.07, 6.45) is 10.4. The molecule has 0 aliphatic heterocycles. The summed E-state index contributed by atoms with van der Waals surface area (Å²) < 4.78 is 0. The van der Waals surface area contributed by atoms with Crippen LogP contribution >= 0.6 is 0 Å². The van der Waals surface area contributed by atoms with Crippen molar-refractivity contribution in [3.05, 3.63) is 0 Å². The van der Waals surface area contributed by atoms with Crippen molar-refractivity contribution in [3.8, 4) is 0 Å². The first-order chi connectivity index (χ1) is 5.41. The molecule has 0 fully saturated rings. The van der Waals surface area contributed by atoms with E-state index in [1.807, 2.05) is 0 Å². The van der Waals surface area contributed by atoms with Gasteiger partial charge in [-0.25, -0.2) is 0 Å². The van der Waals surface area contributed by atoms with Gasteiger partial charge in [-0.3, -0.25) is 0 Å². The molecule has 0 atom stereocenters. The molecule has 0 saturated heterocycles. The van der Waals surface area contributed by atoms with Crippen molar-refractivity contribution in [1.82, 2.24) is 0 Å². The second-order valence-corrected chi connectivity index (χ2v) is 3.20. The van der Waals surface area contributed by atoms with Crippen LogP contribution in [0.2, 0.25) is 0 Å². The molecular weight excluding hydrogens is 424 g/mol. The third kappa shape index (κ3) is 31.4. The molecule has 0 aromatic heterocycles. The van der Waals surface area contributed by atoms with Crippen LogP contribution in [0, 0.1) is 0 Å². The first kappa shape index (κ1) is 30.3. The maximum Gasteiger partial charge on any atom is 3.00 e. The Hall–Kier alpha value is 2.11. The zero-order chi connectivity index (χ0) is 8.36. The van der Waals surface area contributed by atoms with Gasteiger partial charge in [0.15, 0.2) is 0 Å². The van der Waals surface area contributed by atoms with Gasteiger partial charge >= 0.3 is 21.7 Å². The van der Waals surface area contributed by atoms with Crippen LogP contribution in [-0.2, 0) is 21.7 Å². The van der Waals surface area contributed by atoms with Crippen molar-refractivity contribution >= 4 is 0 Å². The quantitative estimate of drug-likeness (QED) is 0.291. The topological polar surface area (TPSA) is 20.2 Å². The molecule has 5 heteroatoms. The fourth-order valence-electron chi connectivity index (χ4n) is 1.25. The van der Waals surface area contributed by atoms with Gasteiger partial charge in [-0.05, 0) is 6.42 Å². The molecule has 0 aliphatic rings. The molecule has 0 spiro atoms. The van der Waals surface area contributed by atoms with Crippen molar-refractivity contribution < 1.29 is 77.8 Å². The molecule has 15 heavy (non-hydrogen) atoms. The number of hydrogen-bond acceptors (Lipinski definition) is 1. The van der Waals surface area contributed by atoms with Crippen molar-refractivity contribution in [1.29, 1.82) is 0 Å². The second-order valence-electron chi connectivity index (χ2n) is 3.20. The third-order valence-electron chi connectivity index (χ3n) is 2.01. The summed E-state index contributed by atoms with van der Waals surface area (Å²) in [5.74, 6) is 0. The maximum absolute atomic E-state index is 8.51. The fraction of sp³-hybridized carbons (Fsp3) is 1.00. The summed E-state index contributed by atoms with van der Waals surface area (Å²) in [5, 5.41) is 8.51. The van der Waals surface area contributed by atoms with Crippen LogP contribution in [0.5, 0.6) is 0 Å². The summed E-state index contributed by atoms with van der Waals surface area (Å²) in [6, 6.07) is 0. The Morgan fingerprint density at radius 1 is 0.667 bits per heavy atom. The Labute approximate surface area is 141 Å². The van der Waals surface area contributed by atoms with E-state index in [1.165, 1.54) is 44.9 Å². The van der Waals surface area contributed by atoms with Gasteiger partial charge in [0, 0.05) is 6.61 Å². The van der Waals surface area contributed by atoms with Crippen LogP contribution in [-0.4, -0.2) is 11.7 Å². The zero-order valence-electron chi connectivity index (χ0n) is 9.45. The van der Waals surface area contributed by atoms with Gasteiger partial charge < -0.3 is 56.1 Å². The van der Waals surface area contributed by atoms with Crippen LogP contribution in [0.15, 0.2) is 0 Å². The Kier molecular flexibility index (Phi) is 60.2. The average Bonchev–Trinajstić information content (AvgIpc) is 2.03. The molecule has 0 bridgehead atoms. The van der Waals surface area contributed by atoms with E-state index in [9.17, 15) is 0 Å². The average molecular weight is 446 g/mol. The Morgan fingerprint density at radius 3 is 1.33 bits per heavy atom. The number of aliphatic hydroxyl groups excluding tert-OH is 1. The van der Waals surface area contributed by atoms with E-state index in [2.05, 4.69) is 6.92 Å². The number of aliphatic hydroxyl groups is 1. The van der Waals surface area contributed by atoms with Crippen molar-refractivity contribution in [2.45, 2.75) is 58.3 Å². The SMILES string of the molecule is CCCCCCCCCCO.[Br-].[Br-].[Br-].[Ti+3]. The van der Waals surface area contributed by atoms with Crippen LogP contribution in [0.1, 0.15) is 58.3 Å². The smallest absolute Gasteiger partial charge is 1.00 e. The Bertz CT molecular complexity index is 69.7. The monoisotopic (exact) mass is 443 g/mol. The number of unbranched alkanes of at least 4 members (excludes halogenated alkanes) is 7. The molecule has 93 valence electrons. The van der Waals surface area contributed by atoms with Gasteiger partial charge in [-0.1, -0.05) is 51.9 Å². The van der Waals surface area contributed by atoms with Gasteiger partial charge in [0.2, 0.25) is 0 Å². The minimum Gasteiger partial charge on any atom is -1.00 e. The van der Waals surface area contributed by atoms with Crippen molar-refractivity contribution in [2.24, 2.45) is 0 Å². The summed E-state index contributed by atoms with van der Waals surface area (Å²) in [5.41, 5.74) is 0. The maximum atomic E-state index is 8.51. The van der Waals surface area contributed by atoms with Gasteiger partial charge in [-0.15, -0.1) is 0 Å². The first-order valence-electron chi connectivity index (χ1n) is 5.02. The Balaban J connectivity index is -0.0000000833. The second kappa shape index (κ2) is 29.8. The molecular formula is C10H22Br3OTi. The summed E-state index contributed by atoms with van der Waals surface area (Å²) >= 11 is 0. The van der Waals surface area contributed by atoms with E-state index in [0.717, 1.165) is 6.42 Å². The van der Waals surface area contributed by atoms with Gasteiger partial charge in [0.25, 0.3) is 0 Å². The van der Waals surface area contributed by atoms with E-state index in [-0.39, 0.29) is 72.7 Å². The van der Waals surface area contributed by atoms with E-state index < -0.39 is 0 Å². The molecule has 0 aromatic rings. The largest absolute Gasteiger partial charge is 3.00 e. The molecule has 1 radical (unpaired) electrons. The standard InChI is InChI=1S/C10H22O.3BrH.Ti/c1-2-3-4-5-6-7-8-9-10-11;;;;/h11H,2-10H2,1H3;3*1H;/q;;;;+3/p-3. The van der Waals surface area contributed by atoms with E-state index in [4.69, 9.17) is 5.11 Å². The van der Waals surface area contributed by atoms with E-state index in [1.54, 1.807) is 0 Å². The zero-order valence-corrected chi connectivity index (χ0v) is 15.8. The third-order valence-corrected chi connectivity index (χ3v) is 2.01. The van der Waals surface area contributed by atoms with Crippen LogP contribution in [0.4, 0.5) is 0 Å². The van der Waals surface area contributed by atoms with E-state index in [0.29, 0.717) is 6.61 Å². The minimum atomic E-state index is 0. The van der Waals surface area contributed by atoms with Crippen LogP contribution in [0.3, 0.4) is 0 Å². The fourth-order valence-corrected chi connectivity index (χ4v) is 1.25. The molecule has 0 rings (SSSR count). The minimum absolute atomic E-state index is 0. The molecule has 0 aromatic carbocycles. The molecule has 0 heterocycles. The van der Waals surface area contributed by atoms with Crippen molar-refractivity contribution in [2.75, 3.05) is 6.61 Å². The predicted octanol–water partition coefficient (Wildman–Crippen LogP) is -5.87. The summed E-state index contributed by atoms with van der Waals surface area (Å²) in [6.45, 7) is 2.61. The number of halogens is 3. The molecule has 1 N–H and O–H groups in total. The number of hydrogen-bond donors (Lipinski definition) is 1. The number of rotatable bonds is 8. The van der Waals surface area contributed by atoms with Crippen LogP contribution < -0.4 is 50.9 Å². The Morgan fingerprint density at radius 2 is 1.00 bits per heavy atom.